The van der Waals surface area contributed by atoms with Crippen LogP contribution in [0.2, 0.25) is 0 Å². The van der Waals surface area contributed by atoms with E-state index in [9.17, 15) is 9.59 Å². The van der Waals surface area contributed by atoms with E-state index in [1.807, 2.05) is 24.7 Å². The van der Waals surface area contributed by atoms with E-state index in [2.05, 4.69) is 36.2 Å². The van der Waals surface area contributed by atoms with Crippen molar-refractivity contribution >= 4 is 12.3 Å². The number of esters is 1. The molecule has 1 heterocycles. The van der Waals surface area contributed by atoms with Gasteiger partial charge >= 0.3 is 5.97 Å². The molecule has 1 aromatic heterocycles. The summed E-state index contributed by atoms with van der Waals surface area (Å²) in [5.74, 6) is -0.272. The van der Waals surface area contributed by atoms with Crippen molar-refractivity contribution in [2.45, 2.75) is 104 Å². The van der Waals surface area contributed by atoms with Gasteiger partial charge in [-0.2, -0.15) is 0 Å². The Kier molecular flexibility index (Phi) is 17.8. The summed E-state index contributed by atoms with van der Waals surface area (Å²) in [6.07, 6.45) is 28.4. The van der Waals surface area contributed by atoms with Crippen LogP contribution in [0.25, 0.3) is 0 Å². The minimum Gasteiger partial charge on any atom is -0.465 e. The second-order valence-corrected chi connectivity index (χ2v) is 9.33. The molecule has 0 aromatic carbocycles. The number of carbonyl (C=O) groups excluding carboxylic acids is 2. The van der Waals surface area contributed by atoms with Crippen LogP contribution in [-0.2, 0) is 27.8 Å². The minimum atomic E-state index is -0.151. The smallest absolute Gasteiger partial charge is 0.305 e. The fourth-order valence-electron chi connectivity index (χ4n) is 4.08. The Morgan fingerprint density at radius 1 is 1.00 bits per heavy atom. The van der Waals surface area contributed by atoms with Gasteiger partial charge in [0.15, 0.2) is 0 Å². The molecule has 0 saturated heterocycles. The molecule has 2 atom stereocenters. The average molecular weight is 473 g/mol. The van der Waals surface area contributed by atoms with Crippen LogP contribution < -0.4 is 0 Å². The van der Waals surface area contributed by atoms with Crippen LogP contribution in [0.3, 0.4) is 0 Å². The predicted octanol–water partition coefficient (Wildman–Crippen LogP) is 7.16. The van der Waals surface area contributed by atoms with E-state index in [1.165, 1.54) is 38.5 Å². The van der Waals surface area contributed by atoms with Crippen LogP contribution in [0, 0.1) is 11.8 Å². The van der Waals surface area contributed by atoms with Crippen molar-refractivity contribution in [3.8, 4) is 0 Å². The van der Waals surface area contributed by atoms with Gasteiger partial charge < -0.3 is 14.1 Å². The van der Waals surface area contributed by atoms with Gasteiger partial charge in [-0.15, -0.1) is 0 Å². The molecule has 2 unspecified atom stereocenters. The van der Waals surface area contributed by atoms with Crippen molar-refractivity contribution < 1.29 is 14.3 Å². The maximum Gasteiger partial charge on any atom is 0.305 e. The number of nitrogens with zero attached hydrogens (tertiary/aromatic N) is 2. The first-order chi connectivity index (χ1) is 16.6. The van der Waals surface area contributed by atoms with Crippen LogP contribution in [0.1, 0.15) is 103 Å². The number of allylic oxidation sites excluding steroid dienone is 4. The maximum absolute atomic E-state index is 12.2. The van der Waals surface area contributed by atoms with E-state index < -0.39 is 0 Å². The molecule has 1 aromatic rings. The van der Waals surface area contributed by atoms with Crippen molar-refractivity contribution in [3.05, 3.63) is 42.5 Å². The number of aromatic nitrogens is 2. The first-order valence-corrected chi connectivity index (χ1v) is 13.5. The zero-order valence-corrected chi connectivity index (χ0v) is 21.9. The Bertz CT molecular complexity index is 708. The summed E-state index contributed by atoms with van der Waals surface area (Å²) >= 11 is 0. The minimum absolute atomic E-state index is 0.00791. The quantitative estimate of drug-likeness (QED) is 0.0824. The molecule has 0 radical (unpaired) electrons. The molecule has 0 fully saturated rings. The van der Waals surface area contributed by atoms with Crippen LogP contribution in [0.5, 0.6) is 0 Å². The number of unbranched alkanes of at least 4 members (excludes halogenated alkanes) is 8. The number of rotatable bonds is 21. The normalized spacial score (nSPS) is 13.5. The average Bonchev–Trinajstić information content (AvgIpc) is 3.24. The first kappa shape index (κ1) is 29.9. The number of aldehydes is 1. The van der Waals surface area contributed by atoms with Crippen molar-refractivity contribution in [1.82, 2.24) is 9.55 Å². The van der Waals surface area contributed by atoms with E-state index in [0.717, 1.165) is 50.5 Å². The third-order valence-corrected chi connectivity index (χ3v) is 6.43. The molecule has 0 bridgehead atoms. The zero-order valence-electron chi connectivity index (χ0n) is 21.9. The van der Waals surface area contributed by atoms with Crippen molar-refractivity contribution in [3.63, 3.8) is 0 Å². The SMILES string of the molecule is CCCCC/C=C\C/C=C\CCCCCCCC(=O)OCC(Cc1cncn1C)C(C=O)CC. The molecular weight excluding hydrogens is 424 g/mol. The molecule has 0 amide bonds. The van der Waals surface area contributed by atoms with Gasteiger partial charge in [-0.05, 0) is 51.4 Å². The highest BCUT2D eigenvalue weighted by Crippen LogP contribution is 2.20. The molecule has 1 rings (SSSR count). The second kappa shape index (κ2) is 20.2. The van der Waals surface area contributed by atoms with E-state index in [1.54, 1.807) is 6.33 Å². The third-order valence-electron chi connectivity index (χ3n) is 6.43. The van der Waals surface area contributed by atoms with Crippen LogP contribution in [0.4, 0.5) is 0 Å². The molecule has 5 nitrogen and oxygen atoms in total. The molecule has 0 aliphatic rings. The van der Waals surface area contributed by atoms with Crippen molar-refractivity contribution in [2.75, 3.05) is 6.61 Å². The highest BCUT2D eigenvalue weighted by Gasteiger charge is 2.23. The van der Waals surface area contributed by atoms with Crippen LogP contribution >= 0.6 is 0 Å². The van der Waals surface area contributed by atoms with Gasteiger partial charge in [0.1, 0.15) is 6.29 Å². The number of hydrogen-bond acceptors (Lipinski definition) is 4. The van der Waals surface area contributed by atoms with E-state index >= 15 is 0 Å². The maximum atomic E-state index is 12.2. The Labute approximate surface area is 208 Å². The van der Waals surface area contributed by atoms with E-state index in [4.69, 9.17) is 4.74 Å². The number of ether oxygens (including phenoxy) is 1. The summed E-state index contributed by atoms with van der Waals surface area (Å²) in [4.78, 5) is 27.8. The Morgan fingerprint density at radius 2 is 1.68 bits per heavy atom. The monoisotopic (exact) mass is 472 g/mol. The molecule has 34 heavy (non-hydrogen) atoms. The lowest BCUT2D eigenvalue weighted by Gasteiger charge is -2.22. The lowest BCUT2D eigenvalue weighted by atomic mass is 9.88. The summed E-state index contributed by atoms with van der Waals surface area (Å²) in [6.45, 7) is 4.53. The molecular formula is C29H48N2O3. The van der Waals surface area contributed by atoms with Gasteiger partial charge in [0, 0.05) is 37.2 Å². The van der Waals surface area contributed by atoms with E-state index in [0.29, 0.717) is 19.4 Å². The molecule has 0 N–H and O–H groups in total. The fraction of sp³-hybridized carbons (Fsp3) is 0.690. The Morgan fingerprint density at radius 3 is 2.29 bits per heavy atom. The second-order valence-electron chi connectivity index (χ2n) is 9.33. The Hall–Kier alpha value is -2.17. The van der Waals surface area contributed by atoms with Gasteiger partial charge in [0.2, 0.25) is 0 Å². The fourth-order valence-corrected chi connectivity index (χ4v) is 4.08. The molecule has 0 spiro atoms. The number of aryl methyl sites for hydroxylation is 1. The summed E-state index contributed by atoms with van der Waals surface area (Å²) in [5.41, 5.74) is 1.05. The van der Waals surface area contributed by atoms with Gasteiger partial charge in [0.25, 0.3) is 0 Å². The van der Waals surface area contributed by atoms with Crippen LogP contribution in [0.15, 0.2) is 36.8 Å². The van der Waals surface area contributed by atoms with Gasteiger partial charge in [-0.1, -0.05) is 70.3 Å². The largest absolute Gasteiger partial charge is 0.465 e. The zero-order chi connectivity index (χ0) is 24.9. The summed E-state index contributed by atoms with van der Waals surface area (Å²) in [7, 11) is 1.94. The standard InChI is InChI=1S/C29H48N2O3/c1-4-6-7-8-9-10-11-12-13-14-15-16-17-18-19-20-29(33)34-24-27(26(5-2)23-32)21-28-22-30-25-31(28)3/h9-10,12-13,22-23,25-27H,4-8,11,14-21,24H2,1-3H3/b10-9-,13-12-. The molecule has 5 heteroatoms. The number of carbonyl (C=O) groups is 2. The van der Waals surface area contributed by atoms with Crippen LogP contribution in [-0.4, -0.2) is 28.4 Å². The van der Waals surface area contributed by atoms with Crippen molar-refractivity contribution in [1.29, 1.82) is 0 Å². The molecule has 0 aliphatic carbocycles. The highest BCUT2D eigenvalue weighted by atomic mass is 16.5. The molecule has 0 saturated carbocycles. The van der Waals surface area contributed by atoms with Gasteiger partial charge in [0.05, 0.1) is 12.9 Å². The lowest BCUT2D eigenvalue weighted by molar-refractivity contribution is -0.146. The summed E-state index contributed by atoms with van der Waals surface area (Å²) in [5, 5.41) is 0. The van der Waals surface area contributed by atoms with Gasteiger partial charge in [-0.25, -0.2) is 4.98 Å². The topological polar surface area (TPSA) is 61.2 Å². The molecule has 0 aliphatic heterocycles. The summed E-state index contributed by atoms with van der Waals surface area (Å²) < 4.78 is 7.51. The predicted molar refractivity (Wildman–Crippen MR) is 141 cm³/mol. The third kappa shape index (κ3) is 14.2. The lowest BCUT2D eigenvalue weighted by Crippen LogP contribution is -2.25. The summed E-state index contributed by atoms with van der Waals surface area (Å²) in [6, 6.07) is 0. The Balaban J connectivity index is 2.11. The van der Waals surface area contributed by atoms with Crippen molar-refractivity contribution in [2.24, 2.45) is 18.9 Å². The first-order valence-electron chi connectivity index (χ1n) is 13.5. The number of hydrogen-bond donors (Lipinski definition) is 0. The van der Waals surface area contributed by atoms with Gasteiger partial charge in [-0.3, -0.25) is 4.79 Å². The number of imidazole rings is 1. The van der Waals surface area contributed by atoms with E-state index in [-0.39, 0.29) is 17.8 Å². The molecule has 192 valence electrons. The highest BCUT2D eigenvalue weighted by molar-refractivity contribution is 5.69.